The van der Waals surface area contributed by atoms with Crippen LogP contribution in [-0.4, -0.2) is 4.98 Å². The third-order valence-electron chi connectivity index (χ3n) is 2.35. The van der Waals surface area contributed by atoms with Gasteiger partial charge >= 0.3 is 0 Å². The van der Waals surface area contributed by atoms with Gasteiger partial charge < -0.3 is 4.42 Å². The predicted octanol–water partition coefficient (Wildman–Crippen LogP) is 4.12. The second-order valence-corrected chi connectivity index (χ2v) is 4.89. The topological polar surface area (TPSA) is 26.0 Å². The lowest BCUT2D eigenvalue weighted by molar-refractivity contribution is 0.533. The predicted molar refractivity (Wildman–Crippen MR) is 58.7 cm³/mol. The molecule has 1 aromatic carbocycles. The van der Waals surface area contributed by atoms with Gasteiger partial charge in [0, 0.05) is 10.4 Å². The zero-order valence-corrected chi connectivity index (χ0v) is 9.60. The van der Waals surface area contributed by atoms with Crippen LogP contribution in [0.5, 0.6) is 0 Å². The van der Waals surface area contributed by atoms with Gasteiger partial charge in [-0.25, -0.2) is 4.98 Å². The summed E-state index contributed by atoms with van der Waals surface area (Å²) in [4.78, 5) is 4.42. The molecule has 2 aromatic rings. The minimum absolute atomic E-state index is 0.525. The first kappa shape index (κ1) is 8.74. The van der Waals surface area contributed by atoms with E-state index in [-0.39, 0.29) is 0 Å². The van der Waals surface area contributed by atoms with E-state index in [2.05, 4.69) is 20.9 Å². The lowest BCUT2D eigenvalue weighted by Gasteiger charge is -1.91. The van der Waals surface area contributed by atoms with Crippen LogP contribution in [0.15, 0.2) is 21.0 Å². The van der Waals surface area contributed by atoms with Crippen LogP contribution >= 0.6 is 27.5 Å². The normalized spacial score (nSPS) is 16.4. The van der Waals surface area contributed by atoms with Gasteiger partial charge in [0.15, 0.2) is 11.5 Å². The van der Waals surface area contributed by atoms with Gasteiger partial charge in [-0.2, -0.15) is 0 Å². The Morgan fingerprint density at radius 1 is 1.43 bits per heavy atom. The van der Waals surface area contributed by atoms with Gasteiger partial charge in [-0.3, -0.25) is 0 Å². The van der Waals surface area contributed by atoms with Gasteiger partial charge in [0.25, 0.3) is 0 Å². The summed E-state index contributed by atoms with van der Waals surface area (Å²) in [5.41, 5.74) is 1.54. The average molecular weight is 273 g/mol. The molecule has 0 N–H and O–H groups in total. The maximum absolute atomic E-state index is 6.04. The first-order valence-electron chi connectivity index (χ1n) is 4.49. The summed E-state index contributed by atoms with van der Waals surface area (Å²) in [5.74, 6) is 1.36. The number of halogens is 2. The third kappa shape index (κ3) is 1.35. The van der Waals surface area contributed by atoms with E-state index in [1.807, 2.05) is 12.1 Å². The summed E-state index contributed by atoms with van der Waals surface area (Å²) in [6, 6.07) is 3.75. The Bertz CT molecular complexity index is 504. The van der Waals surface area contributed by atoms with Crippen molar-refractivity contribution in [3.63, 3.8) is 0 Å². The third-order valence-corrected chi connectivity index (χ3v) is 3.09. The molecule has 0 amide bonds. The fourth-order valence-electron chi connectivity index (χ4n) is 1.48. The molecule has 1 heterocycles. The van der Waals surface area contributed by atoms with E-state index in [1.54, 1.807) is 0 Å². The summed E-state index contributed by atoms with van der Waals surface area (Å²) in [7, 11) is 0. The smallest absolute Gasteiger partial charge is 0.198 e. The quantitative estimate of drug-likeness (QED) is 0.780. The fourth-order valence-corrected chi connectivity index (χ4v) is 2.31. The van der Waals surface area contributed by atoms with Gasteiger partial charge in [-0.05, 0) is 25.0 Å². The molecule has 1 aliphatic rings. The molecule has 14 heavy (non-hydrogen) atoms. The number of hydrogen-bond donors (Lipinski definition) is 0. The molecule has 0 unspecified atom stereocenters. The molecule has 0 radical (unpaired) electrons. The zero-order valence-electron chi connectivity index (χ0n) is 7.26. The summed E-state index contributed by atoms with van der Waals surface area (Å²) < 4.78 is 6.55. The minimum atomic E-state index is 0.525. The molecule has 1 fully saturated rings. The lowest BCUT2D eigenvalue weighted by Crippen LogP contribution is -1.75. The van der Waals surface area contributed by atoms with Gasteiger partial charge in [0.05, 0.1) is 5.02 Å². The van der Waals surface area contributed by atoms with Crippen LogP contribution in [0.2, 0.25) is 5.02 Å². The highest BCUT2D eigenvalue weighted by atomic mass is 79.9. The van der Waals surface area contributed by atoms with E-state index in [0.29, 0.717) is 16.5 Å². The average Bonchev–Trinajstić information content (AvgIpc) is 2.87. The van der Waals surface area contributed by atoms with Crippen LogP contribution in [0.1, 0.15) is 24.7 Å². The van der Waals surface area contributed by atoms with Gasteiger partial charge in [0.2, 0.25) is 0 Å². The SMILES string of the molecule is Clc1cc(Br)cc2nc(C3CC3)oc12. The Morgan fingerprint density at radius 3 is 2.93 bits per heavy atom. The summed E-state index contributed by atoms with van der Waals surface area (Å²) in [5, 5.41) is 0.619. The zero-order chi connectivity index (χ0) is 9.71. The monoisotopic (exact) mass is 271 g/mol. The molecule has 1 aromatic heterocycles. The highest BCUT2D eigenvalue weighted by Crippen LogP contribution is 2.41. The Hall–Kier alpha value is -0.540. The molecule has 2 nitrogen and oxygen atoms in total. The van der Waals surface area contributed by atoms with Gasteiger partial charge in [-0.1, -0.05) is 27.5 Å². The molecule has 0 bridgehead atoms. The number of oxazole rings is 1. The molecule has 4 heteroatoms. The van der Waals surface area contributed by atoms with Crippen LogP contribution in [0, 0.1) is 0 Å². The van der Waals surface area contributed by atoms with Crippen molar-refractivity contribution in [3.8, 4) is 0 Å². The van der Waals surface area contributed by atoms with Crippen LogP contribution in [0.4, 0.5) is 0 Å². The molecule has 72 valence electrons. The largest absolute Gasteiger partial charge is 0.439 e. The lowest BCUT2D eigenvalue weighted by atomic mass is 10.3. The molecular formula is C10H7BrClNO. The molecule has 0 aliphatic heterocycles. The van der Waals surface area contributed by atoms with Crippen LogP contribution < -0.4 is 0 Å². The molecular weight excluding hydrogens is 265 g/mol. The van der Waals surface area contributed by atoms with Crippen molar-refractivity contribution >= 4 is 38.6 Å². The molecule has 0 saturated heterocycles. The highest BCUT2D eigenvalue weighted by Gasteiger charge is 2.29. The van der Waals surface area contributed by atoms with E-state index < -0.39 is 0 Å². The number of hydrogen-bond acceptors (Lipinski definition) is 2. The van der Waals surface area contributed by atoms with Crippen molar-refractivity contribution in [1.29, 1.82) is 0 Å². The Morgan fingerprint density at radius 2 is 2.21 bits per heavy atom. The first-order chi connectivity index (χ1) is 6.74. The van der Waals surface area contributed by atoms with E-state index in [9.17, 15) is 0 Å². The number of benzene rings is 1. The maximum Gasteiger partial charge on any atom is 0.198 e. The van der Waals surface area contributed by atoms with E-state index in [0.717, 1.165) is 15.9 Å². The van der Waals surface area contributed by atoms with Gasteiger partial charge in [0.1, 0.15) is 5.52 Å². The van der Waals surface area contributed by atoms with Gasteiger partial charge in [-0.15, -0.1) is 0 Å². The highest BCUT2D eigenvalue weighted by molar-refractivity contribution is 9.10. The van der Waals surface area contributed by atoms with Crippen molar-refractivity contribution in [1.82, 2.24) is 4.98 Å². The van der Waals surface area contributed by atoms with Crippen LogP contribution in [0.25, 0.3) is 11.1 Å². The number of aromatic nitrogens is 1. The van der Waals surface area contributed by atoms with Crippen molar-refractivity contribution in [2.75, 3.05) is 0 Å². The van der Waals surface area contributed by atoms with E-state index >= 15 is 0 Å². The number of nitrogens with zero attached hydrogens (tertiary/aromatic N) is 1. The summed E-state index contributed by atoms with van der Waals surface area (Å²) in [6.07, 6.45) is 2.37. The molecule has 3 rings (SSSR count). The summed E-state index contributed by atoms with van der Waals surface area (Å²) in [6.45, 7) is 0. The van der Waals surface area contributed by atoms with Crippen molar-refractivity contribution < 1.29 is 4.42 Å². The molecule has 0 atom stereocenters. The Balaban J connectivity index is 2.26. The van der Waals surface area contributed by atoms with Crippen molar-refractivity contribution in [2.24, 2.45) is 0 Å². The first-order valence-corrected chi connectivity index (χ1v) is 5.66. The van der Waals surface area contributed by atoms with Crippen molar-refractivity contribution in [3.05, 3.63) is 27.5 Å². The fraction of sp³-hybridized carbons (Fsp3) is 0.300. The Labute approximate surface area is 94.4 Å². The maximum atomic E-state index is 6.04. The number of fused-ring (bicyclic) bond motifs is 1. The second kappa shape index (κ2) is 2.97. The van der Waals surface area contributed by atoms with Crippen molar-refractivity contribution in [2.45, 2.75) is 18.8 Å². The molecule has 1 aliphatic carbocycles. The Kier molecular flexibility index (Phi) is 1.86. The summed E-state index contributed by atoms with van der Waals surface area (Å²) >= 11 is 9.42. The van der Waals surface area contributed by atoms with E-state index in [1.165, 1.54) is 12.8 Å². The van der Waals surface area contributed by atoms with Crippen LogP contribution in [-0.2, 0) is 0 Å². The van der Waals surface area contributed by atoms with E-state index in [4.69, 9.17) is 16.0 Å². The number of rotatable bonds is 1. The minimum Gasteiger partial charge on any atom is -0.439 e. The molecule has 0 spiro atoms. The molecule has 1 saturated carbocycles. The van der Waals surface area contributed by atoms with Crippen LogP contribution in [0.3, 0.4) is 0 Å². The standard InChI is InChI=1S/C10H7BrClNO/c11-6-3-7(12)9-8(4-6)13-10(14-9)5-1-2-5/h3-5H,1-2H2. The second-order valence-electron chi connectivity index (χ2n) is 3.56.